The van der Waals surface area contributed by atoms with E-state index in [1.807, 2.05) is 20.0 Å². The maximum atomic E-state index is 11.8. The minimum atomic E-state index is -0.137. The van der Waals surface area contributed by atoms with Crippen molar-refractivity contribution < 1.29 is 9.53 Å². The second-order valence-corrected chi connectivity index (χ2v) is 5.43. The lowest BCUT2D eigenvalue weighted by atomic mass is 10.2. The zero-order chi connectivity index (χ0) is 15.9. The molecule has 0 saturated heterocycles. The molecule has 1 N–H and O–H groups in total. The molecule has 2 aromatic rings. The number of halogens is 1. The van der Waals surface area contributed by atoms with E-state index in [2.05, 4.69) is 14.9 Å². The fourth-order valence-electron chi connectivity index (χ4n) is 2.06. The van der Waals surface area contributed by atoms with Crippen LogP contribution in [0.4, 0.5) is 0 Å². The zero-order valence-corrected chi connectivity index (χ0v) is 13.6. The summed E-state index contributed by atoms with van der Waals surface area (Å²) >= 11 is 6.01. The van der Waals surface area contributed by atoms with Gasteiger partial charge in [-0.25, -0.2) is 4.98 Å². The minimum absolute atomic E-state index is 0.00865. The Kier molecular flexibility index (Phi) is 5.83. The van der Waals surface area contributed by atoms with E-state index in [0.29, 0.717) is 17.3 Å². The van der Waals surface area contributed by atoms with Gasteiger partial charge in [-0.2, -0.15) is 0 Å². The quantitative estimate of drug-likeness (QED) is 0.798. The number of ether oxygens (including phenoxy) is 1. The number of carbonyl (C=O) groups is 1. The van der Waals surface area contributed by atoms with Crippen LogP contribution < -0.4 is 10.1 Å². The molecule has 0 saturated carbocycles. The van der Waals surface area contributed by atoms with Crippen molar-refractivity contribution in [3.05, 3.63) is 47.0 Å². The molecule has 1 aromatic heterocycles. The van der Waals surface area contributed by atoms with E-state index in [-0.39, 0.29) is 12.5 Å². The third-order valence-corrected chi connectivity index (χ3v) is 3.81. The van der Waals surface area contributed by atoms with Crippen LogP contribution in [0.1, 0.15) is 17.8 Å². The van der Waals surface area contributed by atoms with Gasteiger partial charge in [-0.05, 0) is 32.4 Å². The lowest BCUT2D eigenvalue weighted by Crippen LogP contribution is -2.30. The number of imidazole rings is 1. The molecule has 0 bridgehead atoms. The van der Waals surface area contributed by atoms with Gasteiger partial charge >= 0.3 is 0 Å². The summed E-state index contributed by atoms with van der Waals surface area (Å²) in [6, 6.07) is 5.40. The molecule has 0 aliphatic rings. The van der Waals surface area contributed by atoms with Gasteiger partial charge in [0.2, 0.25) is 0 Å². The van der Waals surface area contributed by atoms with Gasteiger partial charge in [-0.15, -0.1) is 0 Å². The number of nitrogens with one attached hydrogen (secondary N) is 1. The molecule has 2 rings (SSSR count). The highest BCUT2D eigenvalue weighted by Crippen LogP contribution is 2.24. The van der Waals surface area contributed by atoms with Crippen LogP contribution >= 0.6 is 11.6 Å². The summed E-state index contributed by atoms with van der Waals surface area (Å²) in [5.41, 5.74) is 0.840. The molecule has 118 valence electrons. The molecule has 1 heterocycles. The van der Waals surface area contributed by atoms with Gasteiger partial charge in [-0.3, -0.25) is 4.79 Å². The van der Waals surface area contributed by atoms with Gasteiger partial charge in [0, 0.05) is 36.1 Å². The summed E-state index contributed by atoms with van der Waals surface area (Å²) < 4.78 is 7.54. The highest BCUT2D eigenvalue weighted by Gasteiger charge is 2.06. The van der Waals surface area contributed by atoms with Crippen LogP contribution in [0.2, 0.25) is 5.02 Å². The second-order valence-electron chi connectivity index (χ2n) is 5.02. The second kappa shape index (κ2) is 7.84. The Morgan fingerprint density at radius 1 is 1.41 bits per heavy atom. The Balaban J connectivity index is 1.68. The van der Waals surface area contributed by atoms with Crippen LogP contribution in [-0.4, -0.2) is 28.6 Å². The van der Waals surface area contributed by atoms with E-state index < -0.39 is 0 Å². The van der Waals surface area contributed by atoms with Gasteiger partial charge in [0.05, 0.1) is 0 Å². The molecule has 0 fully saturated rings. The normalized spacial score (nSPS) is 10.5. The van der Waals surface area contributed by atoms with Crippen molar-refractivity contribution in [3.63, 3.8) is 0 Å². The number of carbonyl (C=O) groups excluding carboxylic acids is 1. The first kappa shape index (κ1) is 16.4. The SMILES string of the molecule is Cc1c(Cl)cccc1OCC(=O)NCCCn1ccnc1C. The van der Waals surface area contributed by atoms with Gasteiger partial charge in [-0.1, -0.05) is 17.7 Å². The van der Waals surface area contributed by atoms with Crippen molar-refractivity contribution in [2.45, 2.75) is 26.8 Å². The smallest absolute Gasteiger partial charge is 0.257 e. The summed E-state index contributed by atoms with van der Waals surface area (Å²) in [5, 5.41) is 3.47. The lowest BCUT2D eigenvalue weighted by molar-refractivity contribution is -0.123. The maximum Gasteiger partial charge on any atom is 0.257 e. The standard InChI is InChI=1S/C16H20ClN3O2/c1-12-14(17)5-3-6-15(12)22-11-16(21)19-7-4-9-20-10-8-18-13(20)2/h3,5-6,8,10H,4,7,9,11H2,1-2H3,(H,19,21). The Morgan fingerprint density at radius 2 is 2.23 bits per heavy atom. The summed E-state index contributed by atoms with van der Waals surface area (Å²) in [6.07, 6.45) is 4.55. The van der Waals surface area contributed by atoms with Crippen molar-refractivity contribution in [2.24, 2.45) is 0 Å². The van der Waals surface area contributed by atoms with Crippen molar-refractivity contribution in [1.29, 1.82) is 0 Å². The average Bonchev–Trinajstić information content (AvgIpc) is 2.90. The molecule has 0 unspecified atom stereocenters. The molecule has 0 spiro atoms. The van der Waals surface area contributed by atoms with E-state index in [1.165, 1.54) is 0 Å². The number of benzene rings is 1. The highest BCUT2D eigenvalue weighted by molar-refractivity contribution is 6.31. The van der Waals surface area contributed by atoms with E-state index in [4.69, 9.17) is 16.3 Å². The number of hydrogen-bond acceptors (Lipinski definition) is 3. The van der Waals surface area contributed by atoms with Gasteiger partial charge in [0.25, 0.3) is 5.91 Å². The minimum Gasteiger partial charge on any atom is -0.483 e. The van der Waals surface area contributed by atoms with Crippen LogP contribution in [0, 0.1) is 13.8 Å². The van der Waals surface area contributed by atoms with E-state index in [0.717, 1.165) is 24.4 Å². The zero-order valence-electron chi connectivity index (χ0n) is 12.8. The fourth-order valence-corrected chi connectivity index (χ4v) is 2.22. The summed E-state index contributed by atoms with van der Waals surface area (Å²) in [7, 11) is 0. The summed E-state index contributed by atoms with van der Waals surface area (Å²) in [4.78, 5) is 15.9. The Bertz CT molecular complexity index is 640. The van der Waals surface area contributed by atoms with Crippen LogP contribution in [0.15, 0.2) is 30.6 Å². The molecular weight excluding hydrogens is 302 g/mol. The maximum absolute atomic E-state index is 11.8. The van der Waals surface area contributed by atoms with Crippen molar-refractivity contribution in [2.75, 3.05) is 13.2 Å². The monoisotopic (exact) mass is 321 g/mol. The molecule has 0 aliphatic carbocycles. The number of nitrogens with zero attached hydrogens (tertiary/aromatic N) is 2. The first-order chi connectivity index (χ1) is 10.6. The number of hydrogen-bond donors (Lipinski definition) is 1. The number of aromatic nitrogens is 2. The third-order valence-electron chi connectivity index (χ3n) is 3.40. The van der Waals surface area contributed by atoms with Gasteiger partial charge < -0.3 is 14.6 Å². The first-order valence-corrected chi connectivity index (χ1v) is 7.58. The molecule has 0 radical (unpaired) electrons. The van der Waals surface area contributed by atoms with Crippen molar-refractivity contribution in [3.8, 4) is 5.75 Å². The predicted octanol–water partition coefficient (Wildman–Crippen LogP) is 2.74. The topological polar surface area (TPSA) is 56.1 Å². The van der Waals surface area contributed by atoms with Crippen molar-refractivity contribution in [1.82, 2.24) is 14.9 Å². The highest BCUT2D eigenvalue weighted by atomic mass is 35.5. The molecular formula is C16H20ClN3O2. The van der Waals surface area contributed by atoms with E-state index in [9.17, 15) is 4.79 Å². The molecule has 6 heteroatoms. The third kappa shape index (κ3) is 4.49. The molecule has 22 heavy (non-hydrogen) atoms. The molecule has 0 atom stereocenters. The number of aryl methyl sites for hydroxylation is 2. The van der Waals surface area contributed by atoms with Crippen LogP contribution in [0.3, 0.4) is 0 Å². The lowest BCUT2D eigenvalue weighted by Gasteiger charge is -2.10. The molecule has 5 nitrogen and oxygen atoms in total. The van der Waals surface area contributed by atoms with Gasteiger partial charge in [0.15, 0.2) is 6.61 Å². The van der Waals surface area contributed by atoms with Gasteiger partial charge in [0.1, 0.15) is 11.6 Å². The number of rotatable bonds is 7. The Morgan fingerprint density at radius 3 is 2.95 bits per heavy atom. The summed E-state index contributed by atoms with van der Waals surface area (Å²) in [5.74, 6) is 1.48. The Hall–Kier alpha value is -2.01. The Labute approximate surface area is 135 Å². The van der Waals surface area contributed by atoms with Crippen molar-refractivity contribution >= 4 is 17.5 Å². The fraction of sp³-hybridized carbons (Fsp3) is 0.375. The van der Waals surface area contributed by atoms with Crippen LogP contribution in [-0.2, 0) is 11.3 Å². The van der Waals surface area contributed by atoms with E-state index in [1.54, 1.807) is 24.4 Å². The molecule has 0 aliphatic heterocycles. The largest absolute Gasteiger partial charge is 0.483 e. The summed E-state index contributed by atoms with van der Waals surface area (Å²) in [6.45, 7) is 5.25. The molecule has 1 amide bonds. The first-order valence-electron chi connectivity index (χ1n) is 7.20. The molecule has 1 aromatic carbocycles. The average molecular weight is 322 g/mol. The van der Waals surface area contributed by atoms with E-state index >= 15 is 0 Å². The van der Waals surface area contributed by atoms with Crippen LogP contribution in [0.25, 0.3) is 0 Å². The number of amides is 1. The van der Waals surface area contributed by atoms with Crippen LogP contribution in [0.5, 0.6) is 5.75 Å². The predicted molar refractivity (Wildman–Crippen MR) is 86.3 cm³/mol.